The van der Waals surface area contributed by atoms with Gasteiger partial charge in [0, 0.05) is 42.8 Å². The summed E-state index contributed by atoms with van der Waals surface area (Å²) in [6.45, 7) is 5.02. The number of nitrogens with one attached hydrogen (secondary N) is 1. The number of carbonyl (C=O) groups is 2. The highest BCUT2D eigenvalue weighted by Gasteiger charge is 2.13. The number of aromatic nitrogens is 5. The van der Waals surface area contributed by atoms with Crippen LogP contribution in [-0.2, 0) is 17.9 Å². The summed E-state index contributed by atoms with van der Waals surface area (Å²) in [6, 6.07) is 1.39. The maximum absolute atomic E-state index is 12.1. The first kappa shape index (κ1) is 17.8. The van der Waals surface area contributed by atoms with Crippen LogP contribution in [0.5, 0.6) is 0 Å². The molecule has 0 saturated heterocycles. The Morgan fingerprint density at radius 1 is 1.31 bits per heavy atom. The molecule has 9 nitrogen and oxygen atoms in total. The Labute approximate surface area is 153 Å². The third kappa shape index (κ3) is 3.97. The molecule has 3 rings (SSSR count). The van der Waals surface area contributed by atoms with Gasteiger partial charge in [-0.3, -0.25) is 14.2 Å². The topological polar surface area (TPSA) is 115 Å². The van der Waals surface area contributed by atoms with Gasteiger partial charge >= 0.3 is 5.97 Å². The van der Waals surface area contributed by atoms with Crippen LogP contribution in [0.2, 0.25) is 0 Å². The van der Waals surface area contributed by atoms with E-state index in [0.717, 1.165) is 23.5 Å². The van der Waals surface area contributed by atoms with Gasteiger partial charge in [0.15, 0.2) is 10.8 Å². The number of carboxylic acid groups (broad SMARTS) is 1. The zero-order chi connectivity index (χ0) is 18.7. The molecule has 0 aliphatic heterocycles. The van der Waals surface area contributed by atoms with E-state index in [-0.39, 0.29) is 18.0 Å². The molecule has 26 heavy (non-hydrogen) atoms. The fraction of sp³-hybridized carbons (Fsp3) is 0.312. The number of hydrogen-bond acceptors (Lipinski definition) is 6. The summed E-state index contributed by atoms with van der Waals surface area (Å²) in [7, 11) is 0. The molecule has 0 unspecified atom stereocenters. The number of anilines is 1. The smallest absolute Gasteiger partial charge is 0.356 e. The molecule has 10 heteroatoms. The first-order valence-electron chi connectivity index (χ1n) is 8.02. The van der Waals surface area contributed by atoms with Crippen molar-refractivity contribution in [2.45, 2.75) is 33.4 Å². The second kappa shape index (κ2) is 7.48. The van der Waals surface area contributed by atoms with Crippen LogP contribution >= 0.6 is 11.3 Å². The van der Waals surface area contributed by atoms with Crippen LogP contribution in [0.3, 0.4) is 0 Å². The summed E-state index contributed by atoms with van der Waals surface area (Å²) in [5.41, 5.74) is 2.57. The molecule has 3 aromatic rings. The number of amides is 1. The molecule has 0 radical (unpaired) electrons. The number of aryl methyl sites for hydroxylation is 3. The summed E-state index contributed by atoms with van der Waals surface area (Å²) in [6.07, 6.45) is 3.64. The number of hydrogen-bond donors (Lipinski definition) is 2. The van der Waals surface area contributed by atoms with Crippen molar-refractivity contribution in [3.05, 3.63) is 35.2 Å². The third-order valence-corrected chi connectivity index (χ3v) is 4.48. The van der Waals surface area contributed by atoms with Crippen molar-refractivity contribution in [1.29, 1.82) is 0 Å². The summed E-state index contributed by atoms with van der Waals surface area (Å²) in [5.74, 6) is -1.30. The Morgan fingerprint density at radius 2 is 2.12 bits per heavy atom. The molecule has 0 bridgehead atoms. The quantitative estimate of drug-likeness (QED) is 0.655. The van der Waals surface area contributed by atoms with Gasteiger partial charge in [-0.15, -0.1) is 11.3 Å². The summed E-state index contributed by atoms with van der Waals surface area (Å²) < 4.78 is 3.27. The Balaban J connectivity index is 1.58. The average Bonchev–Trinajstić information content (AvgIpc) is 3.32. The average molecular weight is 374 g/mol. The standard InChI is InChI=1S/C16H18N6O3S/c1-3-21-8-11(10(2)19-21)13-9-26-16(17-13)18-14(23)5-7-22-6-4-12(20-22)15(24)25/h4,6,8-9H,3,5,7H2,1-2H3,(H,24,25)(H,17,18,23). The zero-order valence-electron chi connectivity index (χ0n) is 14.3. The SMILES string of the molecule is CCn1cc(-c2csc(NC(=O)CCn3ccc(C(=O)O)n3)n2)c(C)n1. The fourth-order valence-corrected chi connectivity index (χ4v) is 3.11. The number of thiazole rings is 1. The van der Waals surface area contributed by atoms with Crippen LogP contribution in [-0.4, -0.2) is 41.5 Å². The third-order valence-electron chi connectivity index (χ3n) is 3.72. The van der Waals surface area contributed by atoms with Crippen LogP contribution in [0.15, 0.2) is 23.8 Å². The largest absolute Gasteiger partial charge is 0.476 e. The van der Waals surface area contributed by atoms with Gasteiger partial charge in [0.05, 0.1) is 11.4 Å². The Bertz CT molecular complexity index is 942. The van der Waals surface area contributed by atoms with Crippen LogP contribution in [0.1, 0.15) is 29.5 Å². The number of aromatic carboxylic acids is 1. The molecular formula is C16H18N6O3S. The second-order valence-corrected chi connectivity index (χ2v) is 6.45. The normalized spacial score (nSPS) is 10.8. The minimum atomic E-state index is -1.09. The highest BCUT2D eigenvalue weighted by atomic mass is 32.1. The van der Waals surface area contributed by atoms with Gasteiger partial charge in [-0.25, -0.2) is 9.78 Å². The van der Waals surface area contributed by atoms with Crippen LogP contribution in [0.4, 0.5) is 5.13 Å². The minimum absolute atomic E-state index is 0.0435. The molecule has 1 amide bonds. The maximum Gasteiger partial charge on any atom is 0.356 e. The molecule has 0 aromatic carbocycles. The molecule has 3 aromatic heterocycles. The van der Waals surface area contributed by atoms with Crippen molar-refractivity contribution in [2.75, 3.05) is 5.32 Å². The van der Waals surface area contributed by atoms with Crippen LogP contribution in [0, 0.1) is 6.92 Å². The van der Waals surface area contributed by atoms with E-state index in [1.165, 1.54) is 28.3 Å². The summed E-state index contributed by atoms with van der Waals surface area (Å²) >= 11 is 1.35. The molecule has 0 fully saturated rings. The lowest BCUT2D eigenvalue weighted by Gasteiger charge is -2.02. The van der Waals surface area contributed by atoms with E-state index < -0.39 is 5.97 Å². The Morgan fingerprint density at radius 3 is 2.77 bits per heavy atom. The Kier molecular flexibility index (Phi) is 5.12. The first-order valence-corrected chi connectivity index (χ1v) is 8.90. The highest BCUT2D eigenvalue weighted by Crippen LogP contribution is 2.27. The van der Waals surface area contributed by atoms with Crippen molar-refractivity contribution in [2.24, 2.45) is 0 Å². The van der Waals surface area contributed by atoms with E-state index >= 15 is 0 Å². The van der Waals surface area contributed by atoms with E-state index in [9.17, 15) is 9.59 Å². The predicted molar refractivity (Wildman–Crippen MR) is 96.2 cm³/mol. The lowest BCUT2D eigenvalue weighted by atomic mass is 10.2. The van der Waals surface area contributed by atoms with Gasteiger partial charge in [0.2, 0.25) is 5.91 Å². The van der Waals surface area contributed by atoms with E-state index in [0.29, 0.717) is 11.7 Å². The molecular weight excluding hydrogens is 356 g/mol. The lowest BCUT2D eigenvalue weighted by Crippen LogP contribution is -2.15. The number of nitrogens with zero attached hydrogens (tertiary/aromatic N) is 5. The first-order chi connectivity index (χ1) is 12.5. The highest BCUT2D eigenvalue weighted by molar-refractivity contribution is 7.14. The summed E-state index contributed by atoms with van der Waals surface area (Å²) in [5, 5.41) is 22.2. The number of carboxylic acids is 1. The van der Waals surface area contributed by atoms with E-state index in [1.807, 2.05) is 30.1 Å². The minimum Gasteiger partial charge on any atom is -0.476 e. The predicted octanol–water partition coefficient (Wildman–Crippen LogP) is 2.26. The molecule has 0 saturated carbocycles. The number of carbonyl (C=O) groups excluding carboxylic acids is 1. The van der Waals surface area contributed by atoms with E-state index in [1.54, 1.807) is 0 Å². The van der Waals surface area contributed by atoms with Crippen molar-refractivity contribution >= 4 is 28.3 Å². The molecule has 0 aliphatic carbocycles. The Hall–Kier alpha value is -3.01. The van der Waals surface area contributed by atoms with Gasteiger partial charge in [-0.2, -0.15) is 10.2 Å². The van der Waals surface area contributed by atoms with Crippen molar-refractivity contribution in [1.82, 2.24) is 24.5 Å². The van der Waals surface area contributed by atoms with Gasteiger partial charge in [0.1, 0.15) is 0 Å². The summed E-state index contributed by atoms with van der Waals surface area (Å²) in [4.78, 5) is 27.3. The lowest BCUT2D eigenvalue weighted by molar-refractivity contribution is -0.116. The van der Waals surface area contributed by atoms with Crippen molar-refractivity contribution in [3.63, 3.8) is 0 Å². The zero-order valence-corrected chi connectivity index (χ0v) is 15.2. The number of rotatable bonds is 7. The van der Waals surface area contributed by atoms with Crippen molar-refractivity contribution in [3.8, 4) is 11.3 Å². The van der Waals surface area contributed by atoms with Gasteiger partial charge in [0.25, 0.3) is 0 Å². The molecule has 3 heterocycles. The fourth-order valence-electron chi connectivity index (χ4n) is 2.38. The monoisotopic (exact) mass is 374 g/mol. The van der Waals surface area contributed by atoms with E-state index in [2.05, 4.69) is 20.5 Å². The van der Waals surface area contributed by atoms with Crippen molar-refractivity contribution < 1.29 is 14.7 Å². The van der Waals surface area contributed by atoms with Gasteiger partial charge in [-0.05, 0) is 19.9 Å². The molecule has 136 valence electrons. The van der Waals surface area contributed by atoms with Crippen LogP contribution in [0.25, 0.3) is 11.3 Å². The molecule has 0 spiro atoms. The van der Waals surface area contributed by atoms with Gasteiger partial charge in [-0.1, -0.05) is 0 Å². The van der Waals surface area contributed by atoms with Crippen LogP contribution < -0.4 is 5.32 Å². The van der Waals surface area contributed by atoms with Gasteiger partial charge < -0.3 is 10.4 Å². The van der Waals surface area contributed by atoms with E-state index in [4.69, 9.17) is 5.11 Å². The molecule has 0 atom stereocenters. The molecule has 2 N–H and O–H groups in total. The molecule has 0 aliphatic rings. The second-order valence-electron chi connectivity index (χ2n) is 5.59. The maximum atomic E-state index is 12.1.